The number of hydrogen-bond acceptors (Lipinski definition) is 6. The number of rotatable bonds is 8. The van der Waals surface area contributed by atoms with Crippen LogP contribution in [0.15, 0.2) is 72.1 Å². The predicted molar refractivity (Wildman–Crippen MR) is 130 cm³/mol. The van der Waals surface area contributed by atoms with Crippen molar-refractivity contribution in [2.24, 2.45) is 0 Å². The van der Waals surface area contributed by atoms with E-state index < -0.39 is 0 Å². The van der Waals surface area contributed by atoms with Crippen molar-refractivity contribution in [3.63, 3.8) is 0 Å². The zero-order chi connectivity index (χ0) is 23.2. The van der Waals surface area contributed by atoms with Crippen molar-refractivity contribution >= 4 is 17.2 Å². The molecule has 3 aromatic carbocycles. The number of ether oxygens (including phenoxy) is 3. The summed E-state index contributed by atoms with van der Waals surface area (Å²) in [6, 6.07) is 21.0. The fourth-order valence-electron chi connectivity index (χ4n) is 3.41. The molecule has 0 bridgehead atoms. The minimum Gasteiger partial charge on any atom is -0.496 e. The van der Waals surface area contributed by atoms with Crippen LogP contribution in [0.3, 0.4) is 0 Å². The van der Waals surface area contributed by atoms with Gasteiger partial charge in [-0.25, -0.2) is 4.98 Å². The van der Waals surface area contributed by atoms with E-state index in [4.69, 9.17) is 19.2 Å². The third-order valence-corrected chi connectivity index (χ3v) is 6.08. The second-order valence-electron chi connectivity index (χ2n) is 7.19. The summed E-state index contributed by atoms with van der Waals surface area (Å²) in [7, 11) is 4.79. The second-order valence-corrected chi connectivity index (χ2v) is 8.05. The summed E-state index contributed by atoms with van der Waals surface area (Å²) in [6.07, 6.45) is 0. The number of amides is 1. The van der Waals surface area contributed by atoms with Crippen molar-refractivity contribution in [2.75, 3.05) is 21.3 Å². The van der Waals surface area contributed by atoms with Gasteiger partial charge in [-0.15, -0.1) is 11.3 Å². The van der Waals surface area contributed by atoms with Gasteiger partial charge < -0.3 is 19.5 Å². The van der Waals surface area contributed by atoms with Crippen LogP contribution in [0.4, 0.5) is 0 Å². The molecule has 1 N–H and O–H groups in total. The SMILES string of the molecule is COc1ccc(-c2csc(-c3ccc(CNC(=O)c4ccccc4OC)cc3)n2)cc1OC. The van der Waals surface area contributed by atoms with E-state index in [9.17, 15) is 4.79 Å². The molecule has 0 radical (unpaired) electrons. The molecule has 1 heterocycles. The standard InChI is InChI=1S/C26H24N2O4S/c1-30-22-7-5-4-6-20(22)25(29)27-15-17-8-10-18(11-9-17)26-28-21(16-33-26)19-12-13-23(31-2)24(14-19)32-3/h4-14,16H,15H2,1-3H3,(H,27,29). The number of hydrogen-bond donors (Lipinski definition) is 1. The Morgan fingerprint density at radius 1 is 0.848 bits per heavy atom. The number of methoxy groups -OCH3 is 3. The van der Waals surface area contributed by atoms with Crippen molar-refractivity contribution in [2.45, 2.75) is 6.54 Å². The van der Waals surface area contributed by atoms with Crippen molar-refractivity contribution < 1.29 is 19.0 Å². The van der Waals surface area contributed by atoms with E-state index >= 15 is 0 Å². The number of para-hydroxylation sites is 1. The molecule has 168 valence electrons. The van der Waals surface area contributed by atoms with E-state index in [1.165, 1.54) is 0 Å². The number of nitrogens with zero attached hydrogens (tertiary/aromatic N) is 1. The molecule has 1 amide bonds. The molecule has 4 aromatic rings. The Labute approximate surface area is 196 Å². The van der Waals surface area contributed by atoms with Crippen molar-refractivity contribution in [1.82, 2.24) is 10.3 Å². The van der Waals surface area contributed by atoms with Gasteiger partial charge in [-0.1, -0.05) is 36.4 Å². The monoisotopic (exact) mass is 460 g/mol. The molecule has 1 aromatic heterocycles. The first-order valence-electron chi connectivity index (χ1n) is 10.3. The average Bonchev–Trinajstić information content (AvgIpc) is 3.37. The largest absolute Gasteiger partial charge is 0.496 e. The lowest BCUT2D eigenvalue weighted by Gasteiger charge is -2.09. The van der Waals surface area contributed by atoms with Gasteiger partial charge in [0, 0.05) is 23.1 Å². The van der Waals surface area contributed by atoms with E-state index in [0.29, 0.717) is 29.4 Å². The molecule has 0 saturated carbocycles. The zero-order valence-corrected chi connectivity index (χ0v) is 19.4. The summed E-state index contributed by atoms with van der Waals surface area (Å²) in [5, 5.41) is 5.89. The van der Waals surface area contributed by atoms with E-state index in [2.05, 4.69) is 5.32 Å². The Balaban J connectivity index is 1.44. The molecule has 0 aliphatic carbocycles. The van der Waals surface area contributed by atoms with Gasteiger partial charge in [-0.3, -0.25) is 4.79 Å². The van der Waals surface area contributed by atoms with Gasteiger partial charge in [0.25, 0.3) is 5.91 Å². The molecule has 4 rings (SSSR count). The molecule has 0 spiro atoms. The fourth-order valence-corrected chi connectivity index (χ4v) is 4.24. The van der Waals surface area contributed by atoms with E-state index in [0.717, 1.165) is 27.4 Å². The molecule has 7 heteroatoms. The summed E-state index contributed by atoms with van der Waals surface area (Å²) < 4.78 is 16.0. The second kappa shape index (κ2) is 10.2. The van der Waals surface area contributed by atoms with Gasteiger partial charge in [0.05, 0.1) is 32.6 Å². The number of nitrogens with one attached hydrogen (secondary N) is 1. The number of benzene rings is 3. The van der Waals surface area contributed by atoms with Gasteiger partial charge in [0.2, 0.25) is 0 Å². The normalized spacial score (nSPS) is 10.5. The van der Waals surface area contributed by atoms with E-state index in [1.807, 2.05) is 60.0 Å². The Morgan fingerprint density at radius 3 is 2.27 bits per heavy atom. The van der Waals surface area contributed by atoms with Crippen LogP contribution in [0.25, 0.3) is 21.8 Å². The molecule has 0 aliphatic heterocycles. The smallest absolute Gasteiger partial charge is 0.255 e. The topological polar surface area (TPSA) is 69.7 Å². The minimum atomic E-state index is -0.170. The lowest BCUT2D eigenvalue weighted by molar-refractivity contribution is 0.0948. The third kappa shape index (κ3) is 4.99. The van der Waals surface area contributed by atoms with Gasteiger partial charge >= 0.3 is 0 Å². The first-order valence-corrected chi connectivity index (χ1v) is 11.2. The number of carbonyl (C=O) groups excluding carboxylic acids is 1. The van der Waals surface area contributed by atoms with Crippen LogP contribution < -0.4 is 19.5 Å². The first kappa shape index (κ1) is 22.4. The van der Waals surface area contributed by atoms with Gasteiger partial charge in [-0.05, 0) is 35.9 Å². The Kier molecular flexibility index (Phi) is 6.90. The summed E-state index contributed by atoms with van der Waals surface area (Å²) >= 11 is 1.58. The molecular weight excluding hydrogens is 436 g/mol. The minimum absolute atomic E-state index is 0.170. The third-order valence-electron chi connectivity index (χ3n) is 5.19. The van der Waals surface area contributed by atoms with E-state index in [1.54, 1.807) is 44.8 Å². The molecule has 0 aliphatic rings. The maximum absolute atomic E-state index is 12.5. The van der Waals surface area contributed by atoms with Gasteiger partial charge in [0.1, 0.15) is 10.8 Å². The highest BCUT2D eigenvalue weighted by molar-refractivity contribution is 7.13. The molecule has 0 saturated heterocycles. The van der Waals surface area contributed by atoms with Crippen LogP contribution in [0.2, 0.25) is 0 Å². The van der Waals surface area contributed by atoms with Crippen molar-refractivity contribution in [3.8, 4) is 39.1 Å². The van der Waals surface area contributed by atoms with Crippen LogP contribution >= 0.6 is 11.3 Å². The highest BCUT2D eigenvalue weighted by atomic mass is 32.1. The highest BCUT2D eigenvalue weighted by Crippen LogP contribution is 2.34. The Morgan fingerprint density at radius 2 is 1.55 bits per heavy atom. The zero-order valence-electron chi connectivity index (χ0n) is 18.6. The molecule has 33 heavy (non-hydrogen) atoms. The lowest BCUT2D eigenvalue weighted by atomic mass is 10.1. The number of aromatic nitrogens is 1. The van der Waals surface area contributed by atoms with Gasteiger partial charge in [0.15, 0.2) is 11.5 Å². The predicted octanol–water partition coefficient (Wildman–Crippen LogP) is 5.43. The number of carbonyl (C=O) groups is 1. The molecule has 0 atom stereocenters. The van der Waals surface area contributed by atoms with Crippen LogP contribution in [0, 0.1) is 0 Å². The summed E-state index contributed by atoms with van der Waals surface area (Å²) in [6.45, 7) is 0.423. The van der Waals surface area contributed by atoms with Crippen LogP contribution in [0.5, 0.6) is 17.2 Å². The maximum Gasteiger partial charge on any atom is 0.255 e. The van der Waals surface area contributed by atoms with E-state index in [-0.39, 0.29) is 5.91 Å². The van der Waals surface area contributed by atoms with Crippen molar-refractivity contribution in [1.29, 1.82) is 0 Å². The van der Waals surface area contributed by atoms with Crippen LogP contribution in [-0.4, -0.2) is 32.2 Å². The van der Waals surface area contributed by atoms with Crippen LogP contribution in [-0.2, 0) is 6.54 Å². The molecule has 0 fully saturated rings. The lowest BCUT2D eigenvalue weighted by Crippen LogP contribution is -2.23. The molecule has 6 nitrogen and oxygen atoms in total. The summed E-state index contributed by atoms with van der Waals surface area (Å²) in [5.74, 6) is 1.74. The molecule has 0 unspecified atom stereocenters. The first-order chi connectivity index (χ1) is 16.1. The fraction of sp³-hybridized carbons (Fsp3) is 0.154. The molecular formula is C26H24N2O4S. The van der Waals surface area contributed by atoms with Crippen molar-refractivity contribution in [3.05, 3.63) is 83.2 Å². The number of thiazole rings is 1. The Bertz CT molecular complexity index is 1250. The quantitative estimate of drug-likeness (QED) is 0.380. The average molecular weight is 461 g/mol. The Hall–Kier alpha value is -3.84. The summed E-state index contributed by atoms with van der Waals surface area (Å²) in [5.41, 5.74) is 4.38. The maximum atomic E-state index is 12.5. The van der Waals surface area contributed by atoms with Crippen LogP contribution in [0.1, 0.15) is 15.9 Å². The van der Waals surface area contributed by atoms with Gasteiger partial charge in [-0.2, -0.15) is 0 Å². The summed E-state index contributed by atoms with van der Waals surface area (Å²) in [4.78, 5) is 17.3. The highest BCUT2D eigenvalue weighted by Gasteiger charge is 2.12.